The third-order valence-corrected chi connectivity index (χ3v) is 1.78. The largest absolute Gasteiger partial charge is 0.328 e. The molecule has 0 bridgehead atoms. The van der Waals surface area contributed by atoms with Crippen LogP contribution in [0.3, 0.4) is 0 Å². The van der Waals surface area contributed by atoms with Gasteiger partial charge in [0, 0.05) is 5.56 Å². The van der Waals surface area contributed by atoms with Crippen LogP contribution in [0.25, 0.3) is 0 Å². The summed E-state index contributed by atoms with van der Waals surface area (Å²) in [6.45, 7) is 1.68. The maximum atomic E-state index is 11.6. The van der Waals surface area contributed by atoms with Crippen LogP contribution in [0.4, 0.5) is 6.01 Å². The summed E-state index contributed by atoms with van der Waals surface area (Å²) in [5.41, 5.74) is 0.549. The lowest BCUT2D eigenvalue weighted by molar-refractivity contribution is 0.102. The number of carbonyl (C=O) groups is 1. The Balaban J connectivity index is 2.11. The lowest BCUT2D eigenvalue weighted by Gasteiger charge is -1.98. The fraction of sp³-hybridized carbons (Fsp3) is 0.100. The number of aromatic nitrogens is 2. The van der Waals surface area contributed by atoms with Crippen LogP contribution >= 0.6 is 0 Å². The van der Waals surface area contributed by atoms with Crippen molar-refractivity contribution >= 4 is 11.9 Å². The Kier molecular flexibility index (Phi) is 2.45. The van der Waals surface area contributed by atoms with E-state index in [2.05, 4.69) is 15.5 Å². The number of nitrogens with zero attached hydrogens (tertiary/aromatic N) is 2. The topological polar surface area (TPSA) is 68.0 Å². The van der Waals surface area contributed by atoms with E-state index in [1.165, 1.54) is 0 Å². The van der Waals surface area contributed by atoms with E-state index in [4.69, 9.17) is 4.52 Å². The molecule has 0 aliphatic rings. The Morgan fingerprint density at radius 3 is 2.67 bits per heavy atom. The smallest absolute Gasteiger partial charge is 0.315 e. The summed E-state index contributed by atoms with van der Waals surface area (Å²) in [5, 5.41) is 6.06. The lowest BCUT2D eigenvalue weighted by atomic mass is 10.2. The third kappa shape index (κ3) is 2.19. The fourth-order valence-electron chi connectivity index (χ4n) is 1.11. The van der Waals surface area contributed by atoms with Gasteiger partial charge in [-0.15, -0.1) is 0 Å². The standard InChI is InChI=1S/C10H9N3O2/c1-7-11-10(15-13-7)12-9(14)8-5-3-2-4-6-8/h2-6H,1H3,(H,11,12,13,14). The van der Waals surface area contributed by atoms with Gasteiger partial charge in [-0.2, -0.15) is 4.98 Å². The minimum atomic E-state index is -0.265. The molecule has 0 aliphatic carbocycles. The average molecular weight is 203 g/mol. The summed E-state index contributed by atoms with van der Waals surface area (Å²) in [7, 11) is 0. The number of hydrogen-bond acceptors (Lipinski definition) is 4. The maximum absolute atomic E-state index is 11.6. The second kappa shape index (κ2) is 3.91. The molecule has 0 fully saturated rings. The molecular weight excluding hydrogens is 194 g/mol. The van der Waals surface area contributed by atoms with Crippen molar-refractivity contribution < 1.29 is 9.32 Å². The van der Waals surface area contributed by atoms with Crippen LogP contribution in [-0.2, 0) is 0 Å². The number of aryl methyl sites for hydroxylation is 1. The highest BCUT2D eigenvalue weighted by Gasteiger charge is 2.09. The van der Waals surface area contributed by atoms with Crippen molar-refractivity contribution in [1.82, 2.24) is 10.1 Å². The van der Waals surface area contributed by atoms with Crippen LogP contribution in [-0.4, -0.2) is 16.0 Å². The first-order chi connectivity index (χ1) is 7.25. The molecule has 0 radical (unpaired) electrons. The van der Waals surface area contributed by atoms with Gasteiger partial charge in [-0.05, 0) is 19.1 Å². The summed E-state index contributed by atoms with van der Waals surface area (Å²) >= 11 is 0. The number of benzene rings is 1. The summed E-state index contributed by atoms with van der Waals surface area (Å²) < 4.78 is 4.76. The van der Waals surface area contributed by atoms with Crippen molar-refractivity contribution in [3.8, 4) is 0 Å². The van der Waals surface area contributed by atoms with Crippen LogP contribution in [0.15, 0.2) is 34.9 Å². The van der Waals surface area contributed by atoms with Crippen molar-refractivity contribution in [3.63, 3.8) is 0 Å². The van der Waals surface area contributed by atoms with Gasteiger partial charge in [-0.25, -0.2) is 0 Å². The molecule has 2 aromatic rings. The molecule has 0 saturated heterocycles. The van der Waals surface area contributed by atoms with Gasteiger partial charge < -0.3 is 4.52 Å². The quantitative estimate of drug-likeness (QED) is 0.805. The normalized spacial score (nSPS) is 9.93. The molecule has 76 valence electrons. The molecule has 5 nitrogen and oxygen atoms in total. The van der Waals surface area contributed by atoms with Crippen molar-refractivity contribution in [2.75, 3.05) is 5.32 Å². The number of amides is 1. The van der Waals surface area contributed by atoms with Gasteiger partial charge in [0.05, 0.1) is 0 Å². The van der Waals surface area contributed by atoms with Gasteiger partial charge in [-0.3, -0.25) is 10.1 Å². The van der Waals surface area contributed by atoms with Crippen LogP contribution in [0.5, 0.6) is 0 Å². The number of rotatable bonds is 2. The molecule has 1 aromatic carbocycles. The van der Waals surface area contributed by atoms with E-state index in [1.54, 1.807) is 31.2 Å². The molecule has 0 spiro atoms. The van der Waals surface area contributed by atoms with Crippen LogP contribution in [0.2, 0.25) is 0 Å². The van der Waals surface area contributed by atoms with Crippen molar-refractivity contribution in [1.29, 1.82) is 0 Å². The second-order valence-corrected chi connectivity index (χ2v) is 2.97. The van der Waals surface area contributed by atoms with E-state index >= 15 is 0 Å². The van der Waals surface area contributed by atoms with E-state index in [1.807, 2.05) is 6.07 Å². The molecule has 0 saturated carbocycles. The highest BCUT2D eigenvalue weighted by Crippen LogP contribution is 2.05. The van der Waals surface area contributed by atoms with E-state index in [9.17, 15) is 4.79 Å². The van der Waals surface area contributed by atoms with Gasteiger partial charge in [0.15, 0.2) is 5.82 Å². The predicted octanol–water partition coefficient (Wildman–Crippen LogP) is 1.63. The van der Waals surface area contributed by atoms with Crippen LogP contribution < -0.4 is 5.32 Å². The van der Waals surface area contributed by atoms with Gasteiger partial charge in [0.2, 0.25) is 0 Å². The molecular formula is C10H9N3O2. The number of nitrogens with one attached hydrogen (secondary N) is 1. The van der Waals surface area contributed by atoms with Gasteiger partial charge >= 0.3 is 6.01 Å². The Morgan fingerprint density at radius 1 is 1.33 bits per heavy atom. The van der Waals surface area contributed by atoms with Gasteiger partial charge in [-0.1, -0.05) is 23.4 Å². The monoisotopic (exact) mass is 203 g/mol. The lowest BCUT2D eigenvalue weighted by Crippen LogP contribution is -2.11. The molecule has 0 atom stereocenters. The maximum Gasteiger partial charge on any atom is 0.328 e. The van der Waals surface area contributed by atoms with Crippen molar-refractivity contribution in [2.24, 2.45) is 0 Å². The molecule has 1 N–H and O–H groups in total. The third-order valence-electron chi connectivity index (χ3n) is 1.78. The fourth-order valence-corrected chi connectivity index (χ4v) is 1.11. The van der Waals surface area contributed by atoms with E-state index < -0.39 is 0 Å². The summed E-state index contributed by atoms with van der Waals surface area (Å²) in [6, 6.07) is 8.94. The Labute approximate surface area is 86.1 Å². The van der Waals surface area contributed by atoms with E-state index in [-0.39, 0.29) is 11.9 Å². The Bertz CT molecular complexity index is 465. The minimum Gasteiger partial charge on any atom is -0.315 e. The van der Waals surface area contributed by atoms with E-state index in [0.717, 1.165) is 0 Å². The summed E-state index contributed by atoms with van der Waals surface area (Å²) in [5.74, 6) is 0.220. The zero-order valence-electron chi connectivity index (χ0n) is 8.10. The predicted molar refractivity (Wildman–Crippen MR) is 53.4 cm³/mol. The molecule has 1 aromatic heterocycles. The molecule has 0 unspecified atom stereocenters. The van der Waals surface area contributed by atoms with Crippen molar-refractivity contribution in [3.05, 3.63) is 41.7 Å². The molecule has 1 heterocycles. The van der Waals surface area contributed by atoms with Crippen LogP contribution in [0.1, 0.15) is 16.2 Å². The number of anilines is 1. The number of carbonyl (C=O) groups excluding carboxylic acids is 1. The second-order valence-electron chi connectivity index (χ2n) is 2.97. The summed E-state index contributed by atoms with van der Waals surface area (Å²) in [6.07, 6.45) is 0. The molecule has 1 amide bonds. The molecule has 15 heavy (non-hydrogen) atoms. The van der Waals surface area contributed by atoms with Gasteiger partial charge in [0.1, 0.15) is 0 Å². The molecule has 0 aliphatic heterocycles. The van der Waals surface area contributed by atoms with Crippen molar-refractivity contribution in [2.45, 2.75) is 6.92 Å². The SMILES string of the molecule is Cc1noc(NC(=O)c2ccccc2)n1. The zero-order valence-corrected chi connectivity index (χ0v) is 8.10. The zero-order chi connectivity index (χ0) is 10.7. The molecule has 2 rings (SSSR count). The Morgan fingerprint density at radius 2 is 2.07 bits per heavy atom. The highest BCUT2D eigenvalue weighted by atomic mass is 16.5. The number of hydrogen-bond donors (Lipinski definition) is 1. The highest BCUT2D eigenvalue weighted by molar-refractivity contribution is 6.02. The van der Waals surface area contributed by atoms with Gasteiger partial charge in [0.25, 0.3) is 5.91 Å². The minimum absolute atomic E-state index is 0.112. The first-order valence-electron chi connectivity index (χ1n) is 4.42. The molecule has 5 heteroatoms. The average Bonchev–Trinajstić information content (AvgIpc) is 2.65. The Hall–Kier alpha value is -2.17. The summed E-state index contributed by atoms with van der Waals surface area (Å²) in [4.78, 5) is 15.5. The van der Waals surface area contributed by atoms with E-state index in [0.29, 0.717) is 11.4 Å². The van der Waals surface area contributed by atoms with Crippen LogP contribution in [0, 0.1) is 6.92 Å². The first-order valence-corrected chi connectivity index (χ1v) is 4.42. The first kappa shape index (κ1) is 9.39.